The molecule has 2 aromatic rings. The van der Waals surface area contributed by atoms with Crippen LogP contribution in [0.4, 0.5) is 0 Å². The Hall–Kier alpha value is -1.51. The molecule has 1 aromatic carbocycles. The first-order valence-electron chi connectivity index (χ1n) is 9.81. The fraction of sp³-hybridized carbons (Fsp3) is 0.667. The highest BCUT2D eigenvalue weighted by Crippen LogP contribution is 2.26. The Labute approximate surface area is 146 Å². The molecule has 0 radical (unpaired) electrons. The van der Waals surface area contributed by atoms with E-state index in [9.17, 15) is 5.11 Å². The molecule has 0 aliphatic carbocycles. The van der Waals surface area contributed by atoms with Crippen molar-refractivity contribution in [3.8, 4) is 5.75 Å². The van der Waals surface area contributed by atoms with E-state index in [4.69, 9.17) is 4.42 Å². The van der Waals surface area contributed by atoms with Gasteiger partial charge < -0.3 is 9.52 Å². The van der Waals surface area contributed by atoms with E-state index in [1.165, 1.54) is 64.2 Å². The Morgan fingerprint density at radius 1 is 0.958 bits per heavy atom. The number of oxazole rings is 1. The molecule has 3 heteroatoms. The number of phenols is 1. The summed E-state index contributed by atoms with van der Waals surface area (Å²) >= 11 is 0. The Morgan fingerprint density at radius 3 is 2.25 bits per heavy atom. The van der Waals surface area contributed by atoms with Gasteiger partial charge >= 0.3 is 0 Å². The van der Waals surface area contributed by atoms with Crippen molar-refractivity contribution >= 4 is 11.1 Å². The van der Waals surface area contributed by atoms with Gasteiger partial charge in [0.1, 0.15) is 11.3 Å². The fourth-order valence-corrected chi connectivity index (χ4v) is 3.36. The molecule has 0 atom stereocenters. The molecule has 0 saturated carbocycles. The number of rotatable bonds is 12. The zero-order valence-corrected chi connectivity index (χ0v) is 15.4. The molecule has 0 unspecified atom stereocenters. The Balaban J connectivity index is 1.93. The minimum absolute atomic E-state index is 0.237. The molecule has 1 aromatic heterocycles. The van der Waals surface area contributed by atoms with Gasteiger partial charge in [0.15, 0.2) is 11.5 Å². The zero-order chi connectivity index (χ0) is 17.2. The van der Waals surface area contributed by atoms with Crippen molar-refractivity contribution < 1.29 is 9.52 Å². The number of phenolic OH excluding ortho intramolecular Hbond substituents is 1. The molecule has 134 valence electrons. The van der Waals surface area contributed by atoms with Gasteiger partial charge in [-0.3, -0.25) is 0 Å². The van der Waals surface area contributed by atoms with Gasteiger partial charge in [-0.15, -0.1) is 0 Å². The summed E-state index contributed by atoms with van der Waals surface area (Å²) < 4.78 is 5.86. The van der Waals surface area contributed by atoms with Crippen LogP contribution < -0.4 is 0 Å². The molecule has 24 heavy (non-hydrogen) atoms. The van der Waals surface area contributed by atoms with Gasteiger partial charge in [0.2, 0.25) is 0 Å². The number of aromatic nitrogens is 1. The van der Waals surface area contributed by atoms with Gasteiger partial charge in [0, 0.05) is 12.5 Å². The van der Waals surface area contributed by atoms with E-state index >= 15 is 0 Å². The van der Waals surface area contributed by atoms with Crippen molar-refractivity contribution in [1.29, 1.82) is 0 Å². The summed E-state index contributed by atoms with van der Waals surface area (Å²) in [5.74, 6) is 1.73. The van der Waals surface area contributed by atoms with Crippen molar-refractivity contribution in [3.63, 3.8) is 0 Å². The topological polar surface area (TPSA) is 46.3 Å². The van der Waals surface area contributed by atoms with Gasteiger partial charge in [0.05, 0.1) is 0 Å². The number of hydrogen-bond donors (Lipinski definition) is 1. The largest absolute Gasteiger partial charge is 0.508 e. The second kappa shape index (κ2) is 10.4. The second-order valence-electron chi connectivity index (χ2n) is 7.03. The van der Waals surface area contributed by atoms with E-state index in [0.717, 1.165) is 17.8 Å². The van der Waals surface area contributed by atoms with Crippen molar-refractivity contribution in [2.45, 2.75) is 84.5 Å². The maximum atomic E-state index is 9.57. The molecule has 0 aliphatic rings. The van der Waals surface area contributed by atoms with Crippen LogP contribution in [-0.4, -0.2) is 10.1 Å². The van der Waals surface area contributed by atoms with Crippen molar-refractivity contribution in [2.24, 2.45) is 5.92 Å². The molecule has 0 amide bonds. The molecular formula is C21H33NO2. The van der Waals surface area contributed by atoms with E-state index in [0.29, 0.717) is 11.5 Å². The molecule has 0 spiro atoms. The van der Waals surface area contributed by atoms with Crippen LogP contribution in [0.2, 0.25) is 0 Å². The van der Waals surface area contributed by atoms with Crippen molar-refractivity contribution in [2.75, 3.05) is 0 Å². The highest BCUT2D eigenvalue weighted by atomic mass is 16.3. The number of unbranched alkanes of at least 4 members (excludes halogenated alkanes) is 6. The first-order chi connectivity index (χ1) is 11.7. The molecule has 0 saturated heterocycles. The lowest BCUT2D eigenvalue weighted by molar-refractivity contribution is 0.370. The monoisotopic (exact) mass is 331 g/mol. The normalized spacial score (nSPS) is 11.6. The van der Waals surface area contributed by atoms with Crippen LogP contribution >= 0.6 is 0 Å². The van der Waals surface area contributed by atoms with Gasteiger partial charge in [0.25, 0.3) is 0 Å². The maximum absolute atomic E-state index is 9.57. The molecule has 0 bridgehead atoms. The van der Waals surface area contributed by atoms with E-state index < -0.39 is 0 Å². The first-order valence-corrected chi connectivity index (χ1v) is 9.81. The third-order valence-corrected chi connectivity index (χ3v) is 4.81. The molecule has 1 heterocycles. The van der Waals surface area contributed by atoms with Gasteiger partial charge in [-0.2, -0.15) is 0 Å². The van der Waals surface area contributed by atoms with Crippen molar-refractivity contribution in [3.05, 3.63) is 24.1 Å². The van der Waals surface area contributed by atoms with Crippen LogP contribution in [0.25, 0.3) is 11.1 Å². The van der Waals surface area contributed by atoms with Crippen LogP contribution in [0.15, 0.2) is 22.6 Å². The standard InChI is InChI=1S/C21H33NO2/c1-3-5-7-9-11-17(12-10-8-6-4-2)15-21-22-19-14-13-18(23)16-20(19)24-21/h13-14,16-17,23H,3-12,15H2,1-2H3. The SMILES string of the molecule is CCCCCCC(CCCCCC)Cc1nc2ccc(O)cc2o1. The maximum Gasteiger partial charge on any atom is 0.195 e. The van der Waals surface area contributed by atoms with E-state index in [1.807, 2.05) is 6.07 Å². The lowest BCUT2D eigenvalue weighted by atomic mass is 9.91. The molecule has 0 aliphatic heterocycles. The summed E-state index contributed by atoms with van der Waals surface area (Å²) in [6.07, 6.45) is 14.0. The first kappa shape index (κ1) is 18.8. The van der Waals surface area contributed by atoms with E-state index in [1.54, 1.807) is 12.1 Å². The third kappa shape index (κ3) is 6.18. The van der Waals surface area contributed by atoms with Gasteiger partial charge in [-0.05, 0) is 30.9 Å². The molecule has 1 N–H and O–H groups in total. The van der Waals surface area contributed by atoms with Crippen LogP contribution in [-0.2, 0) is 6.42 Å². The number of nitrogens with zero attached hydrogens (tertiary/aromatic N) is 1. The highest BCUT2D eigenvalue weighted by Gasteiger charge is 2.14. The smallest absolute Gasteiger partial charge is 0.195 e. The predicted octanol–water partition coefficient (Wildman–Crippen LogP) is 6.63. The summed E-state index contributed by atoms with van der Waals surface area (Å²) in [4.78, 5) is 4.60. The van der Waals surface area contributed by atoms with Crippen molar-refractivity contribution in [1.82, 2.24) is 4.98 Å². The summed E-state index contributed by atoms with van der Waals surface area (Å²) in [6.45, 7) is 4.52. The summed E-state index contributed by atoms with van der Waals surface area (Å²) in [5.41, 5.74) is 1.54. The third-order valence-electron chi connectivity index (χ3n) is 4.81. The Morgan fingerprint density at radius 2 is 1.62 bits per heavy atom. The summed E-state index contributed by atoms with van der Waals surface area (Å²) in [6, 6.07) is 5.15. The van der Waals surface area contributed by atoms with Gasteiger partial charge in [-0.1, -0.05) is 65.2 Å². The molecular weight excluding hydrogens is 298 g/mol. The second-order valence-corrected chi connectivity index (χ2v) is 7.03. The number of benzene rings is 1. The fourth-order valence-electron chi connectivity index (χ4n) is 3.36. The zero-order valence-electron chi connectivity index (χ0n) is 15.4. The number of fused-ring (bicyclic) bond motifs is 1. The molecule has 2 rings (SSSR count). The minimum atomic E-state index is 0.237. The minimum Gasteiger partial charge on any atom is -0.508 e. The van der Waals surface area contributed by atoms with Crippen LogP contribution in [0.1, 0.15) is 83.9 Å². The average molecular weight is 332 g/mol. The summed E-state index contributed by atoms with van der Waals surface area (Å²) in [7, 11) is 0. The lowest BCUT2D eigenvalue weighted by Gasteiger charge is -2.15. The van der Waals surface area contributed by atoms with E-state index in [2.05, 4.69) is 18.8 Å². The molecule has 3 nitrogen and oxygen atoms in total. The Bertz CT molecular complexity index is 579. The summed E-state index contributed by atoms with van der Waals surface area (Å²) in [5, 5.41) is 9.57. The van der Waals surface area contributed by atoms with Gasteiger partial charge in [-0.25, -0.2) is 4.98 Å². The molecule has 0 fully saturated rings. The number of hydrogen-bond acceptors (Lipinski definition) is 3. The van der Waals surface area contributed by atoms with Crippen LogP contribution in [0.3, 0.4) is 0 Å². The highest BCUT2D eigenvalue weighted by molar-refractivity contribution is 5.74. The average Bonchev–Trinajstić information content (AvgIpc) is 2.96. The lowest BCUT2D eigenvalue weighted by Crippen LogP contribution is -2.05. The van der Waals surface area contributed by atoms with Crippen LogP contribution in [0.5, 0.6) is 5.75 Å². The number of aromatic hydroxyl groups is 1. The van der Waals surface area contributed by atoms with E-state index in [-0.39, 0.29) is 5.75 Å². The van der Waals surface area contributed by atoms with Crippen LogP contribution in [0, 0.1) is 5.92 Å². The Kier molecular flexibility index (Phi) is 8.14. The predicted molar refractivity (Wildman–Crippen MR) is 100 cm³/mol. The quantitative estimate of drug-likeness (QED) is 0.444.